The lowest BCUT2D eigenvalue weighted by Crippen LogP contribution is -2.34. The second-order valence-electron chi connectivity index (χ2n) is 6.50. The highest BCUT2D eigenvalue weighted by atomic mass is 32.1. The van der Waals surface area contributed by atoms with Crippen molar-refractivity contribution in [3.8, 4) is 0 Å². The van der Waals surface area contributed by atoms with Crippen molar-refractivity contribution in [3.05, 3.63) is 40.4 Å². The first-order chi connectivity index (χ1) is 13.2. The van der Waals surface area contributed by atoms with Crippen molar-refractivity contribution < 1.29 is 22.8 Å². The highest BCUT2D eigenvalue weighted by molar-refractivity contribution is 7.71. The van der Waals surface area contributed by atoms with Crippen molar-refractivity contribution in [2.24, 2.45) is 13.0 Å². The first-order valence-electron chi connectivity index (χ1n) is 8.52. The van der Waals surface area contributed by atoms with Crippen LogP contribution < -0.4 is 10.2 Å². The van der Waals surface area contributed by atoms with Gasteiger partial charge in [-0.15, -0.1) is 0 Å². The van der Waals surface area contributed by atoms with Crippen molar-refractivity contribution in [3.63, 3.8) is 0 Å². The molecule has 0 saturated carbocycles. The summed E-state index contributed by atoms with van der Waals surface area (Å²) in [6, 6.07) is 4.53. The number of aromatic nitrogens is 3. The van der Waals surface area contributed by atoms with Gasteiger partial charge in [0.15, 0.2) is 4.77 Å². The predicted octanol–water partition coefficient (Wildman–Crippen LogP) is 2.21. The van der Waals surface area contributed by atoms with Gasteiger partial charge in [-0.3, -0.25) is 14.7 Å². The number of halogens is 3. The number of anilines is 1. The lowest BCUT2D eigenvalue weighted by molar-refractivity contribution is -0.137. The Morgan fingerprint density at radius 2 is 2.18 bits per heavy atom. The monoisotopic (exact) mass is 413 g/mol. The second kappa shape index (κ2) is 7.74. The number of benzene rings is 1. The smallest absolute Gasteiger partial charge is 0.355 e. The molecule has 1 aliphatic rings. The van der Waals surface area contributed by atoms with Gasteiger partial charge in [-0.25, -0.2) is 0 Å². The Morgan fingerprint density at radius 1 is 1.43 bits per heavy atom. The molecule has 1 aromatic heterocycles. The van der Waals surface area contributed by atoms with Crippen LogP contribution in [0.4, 0.5) is 18.9 Å². The molecule has 7 nitrogen and oxygen atoms in total. The summed E-state index contributed by atoms with van der Waals surface area (Å²) >= 11 is 5.01. The van der Waals surface area contributed by atoms with E-state index in [4.69, 9.17) is 12.2 Å². The highest BCUT2D eigenvalue weighted by Gasteiger charge is 2.36. The molecule has 0 radical (unpaired) electrons. The maximum atomic E-state index is 12.9. The van der Waals surface area contributed by atoms with E-state index < -0.39 is 17.7 Å². The number of nitrogens with one attached hydrogen (secondary N) is 2. The van der Waals surface area contributed by atoms with E-state index in [-0.39, 0.29) is 30.5 Å². The number of aromatic amines is 1. The minimum atomic E-state index is -4.50. The molecule has 2 aromatic rings. The van der Waals surface area contributed by atoms with Crippen molar-refractivity contribution in [1.29, 1.82) is 0 Å². The zero-order valence-corrected chi connectivity index (χ0v) is 15.7. The highest BCUT2D eigenvalue weighted by Crippen LogP contribution is 2.33. The third-order valence-electron chi connectivity index (χ3n) is 4.60. The van der Waals surface area contributed by atoms with E-state index in [0.717, 1.165) is 12.1 Å². The first-order valence-corrected chi connectivity index (χ1v) is 8.93. The summed E-state index contributed by atoms with van der Waals surface area (Å²) < 4.78 is 40.8. The van der Waals surface area contributed by atoms with Gasteiger partial charge in [-0.1, -0.05) is 6.07 Å². The van der Waals surface area contributed by atoms with Crippen LogP contribution in [0.1, 0.15) is 17.8 Å². The predicted molar refractivity (Wildman–Crippen MR) is 97.0 cm³/mol. The zero-order chi connectivity index (χ0) is 20.5. The summed E-state index contributed by atoms with van der Waals surface area (Å²) in [7, 11) is 1.76. The van der Waals surface area contributed by atoms with Gasteiger partial charge < -0.3 is 14.8 Å². The largest absolute Gasteiger partial charge is 0.416 e. The van der Waals surface area contributed by atoms with Crippen LogP contribution >= 0.6 is 12.2 Å². The van der Waals surface area contributed by atoms with E-state index >= 15 is 0 Å². The van der Waals surface area contributed by atoms with E-state index in [1.807, 2.05) is 0 Å². The van der Waals surface area contributed by atoms with Gasteiger partial charge in [-0.05, 0) is 30.4 Å². The van der Waals surface area contributed by atoms with Crippen LogP contribution in [0.25, 0.3) is 0 Å². The summed E-state index contributed by atoms with van der Waals surface area (Å²) in [4.78, 5) is 25.8. The zero-order valence-electron chi connectivity index (χ0n) is 14.9. The number of hydrogen-bond donors (Lipinski definition) is 2. The Kier molecular flexibility index (Phi) is 5.54. The maximum absolute atomic E-state index is 12.9. The number of amides is 2. The van der Waals surface area contributed by atoms with Crippen LogP contribution in [-0.2, 0) is 29.2 Å². The van der Waals surface area contributed by atoms with Crippen LogP contribution in [0.5, 0.6) is 0 Å². The van der Waals surface area contributed by atoms with Crippen LogP contribution in [0.3, 0.4) is 0 Å². The Hall–Kier alpha value is -2.69. The van der Waals surface area contributed by atoms with Crippen LogP contribution in [-0.4, -0.2) is 39.7 Å². The van der Waals surface area contributed by atoms with Gasteiger partial charge in [-0.2, -0.15) is 18.3 Å². The van der Waals surface area contributed by atoms with Gasteiger partial charge in [0, 0.05) is 38.7 Å². The standard InChI is InChI=1S/C17H18F3N5O2S/c1-24-13(22-23-16(24)28)5-6-21-15(27)10-7-14(26)25(9-10)12-4-2-3-11(8-12)17(18,19)20/h2-4,8,10H,5-7,9H2,1H3,(H,21,27)(H,23,28). The molecule has 1 fully saturated rings. The van der Waals surface area contributed by atoms with E-state index in [2.05, 4.69) is 15.5 Å². The van der Waals surface area contributed by atoms with Crippen LogP contribution in [0.2, 0.25) is 0 Å². The van der Waals surface area contributed by atoms with Crippen molar-refractivity contribution in [2.75, 3.05) is 18.0 Å². The Morgan fingerprint density at radius 3 is 2.82 bits per heavy atom. The molecule has 0 aliphatic carbocycles. The molecule has 2 heterocycles. The van der Waals surface area contributed by atoms with E-state index in [1.165, 1.54) is 17.0 Å². The average Bonchev–Trinajstić information content (AvgIpc) is 3.18. The molecular formula is C17H18F3N5O2S. The lowest BCUT2D eigenvalue weighted by Gasteiger charge is -2.18. The van der Waals surface area contributed by atoms with E-state index in [1.54, 1.807) is 11.6 Å². The molecular weight excluding hydrogens is 395 g/mol. The van der Waals surface area contributed by atoms with Crippen molar-refractivity contribution >= 4 is 29.7 Å². The van der Waals surface area contributed by atoms with E-state index in [9.17, 15) is 22.8 Å². The molecule has 28 heavy (non-hydrogen) atoms. The Bertz CT molecular complexity index is 953. The van der Waals surface area contributed by atoms with Gasteiger partial charge >= 0.3 is 6.18 Å². The summed E-state index contributed by atoms with van der Waals surface area (Å²) in [5.41, 5.74) is -0.699. The molecule has 1 atom stereocenters. The fourth-order valence-corrected chi connectivity index (χ4v) is 3.18. The normalized spacial score (nSPS) is 17.2. The SMILES string of the molecule is Cn1c(CCNC(=O)C2CC(=O)N(c3cccc(C(F)(F)F)c3)C2)n[nH]c1=S. The summed E-state index contributed by atoms with van der Waals surface area (Å²) in [6.45, 7) is 0.346. The molecule has 1 aliphatic heterocycles. The summed E-state index contributed by atoms with van der Waals surface area (Å²) in [5, 5.41) is 9.43. The third-order valence-corrected chi connectivity index (χ3v) is 4.97. The number of nitrogens with zero attached hydrogens (tertiary/aromatic N) is 3. The molecule has 3 rings (SSSR count). The van der Waals surface area contributed by atoms with Crippen molar-refractivity contribution in [2.45, 2.75) is 19.0 Å². The number of carbonyl (C=O) groups is 2. The van der Waals surface area contributed by atoms with Crippen LogP contribution in [0.15, 0.2) is 24.3 Å². The number of H-pyrrole nitrogens is 1. The molecule has 0 spiro atoms. The fourth-order valence-electron chi connectivity index (χ4n) is 3.03. The molecule has 1 saturated heterocycles. The molecule has 2 N–H and O–H groups in total. The molecule has 1 aromatic carbocycles. The number of carbonyl (C=O) groups excluding carboxylic acids is 2. The quantitative estimate of drug-likeness (QED) is 0.737. The molecule has 2 amide bonds. The number of rotatable bonds is 5. The van der Waals surface area contributed by atoms with Crippen molar-refractivity contribution in [1.82, 2.24) is 20.1 Å². The number of hydrogen-bond acceptors (Lipinski definition) is 4. The molecule has 0 bridgehead atoms. The molecule has 150 valence electrons. The van der Waals surface area contributed by atoms with Gasteiger partial charge in [0.05, 0.1) is 11.5 Å². The minimum Gasteiger partial charge on any atom is -0.355 e. The van der Waals surface area contributed by atoms with Gasteiger partial charge in [0.1, 0.15) is 5.82 Å². The molecule has 1 unspecified atom stereocenters. The minimum absolute atomic E-state index is 0.0401. The average molecular weight is 413 g/mol. The molecule has 11 heteroatoms. The Balaban J connectivity index is 1.60. The second-order valence-corrected chi connectivity index (χ2v) is 6.89. The fraction of sp³-hybridized carbons (Fsp3) is 0.412. The van der Waals surface area contributed by atoms with Crippen LogP contribution in [0, 0.1) is 10.7 Å². The Labute approximate surface area is 163 Å². The summed E-state index contributed by atoms with van der Waals surface area (Å²) in [5.74, 6) is -0.642. The first kappa shape index (κ1) is 20.1. The van der Waals surface area contributed by atoms with Gasteiger partial charge in [0.2, 0.25) is 11.8 Å². The summed E-state index contributed by atoms with van der Waals surface area (Å²) in [6.07, 6.45) is -4.09. The maximum Gasteiger partial charge on any atom is 0.416 e. The van der Waals surface area contributed by atoms with E-state index in [0.29, 0.717) is 23.6 Å². The topological polar surface area (TPSA) is 83.0 Å². The number of alkyl halides is 3. The lowest BCUT2D eigenvalue weighted by atomic mass is 10.1. The van der Waals surface area contributed by atoms with Gasteiger partial charge in [0.25, 0.3) is 0 Å². The third kappa shape index (κ3) is 4.24.